The Morgan fingerprint density at radius 3 is 2.67 bits per heavy atom. The Bertz CT molecular complexity index is 1060. The van der Waals surface area contributed by atoms with E-state index < -0.39 is 0 Å². The average Bonchev–Trinajstić information content (AvgIpc) is 3.24. The van der Waals surface area contributed by atoms with Crippen LogP contribution in [-0.4, -0.2) is 50.3 Å². The third-order valence-corrected chi connectivity index (χ3v) is 7.06. The van der Waals surface area contributed by atoms with E-state index in [0.717, 1.165) is 48.5 Å². The first-order valence-electron chi connectivity index (χ1n) is 12.4. The van der Waals surface area contributed by atoms with E-state index in [1.807, 2.05) is 35.0 Å². The van der Waals surface area contributed by atoms with Crippen molar-refractivity contribution in [2.45, 2.75) is 63.8 Å². The van der Waals surface area contributed by atoms with Crippen LogP contribution in [0.4, 0.5) is 0 Å². The van der Waals surface area contributed by atoms with Gasteiger partial charge in [0.05, 0.1) is 12.2 Å². The molecule has 1 aromatic carbocycles. The predicted octanol–water partition coefficient (Wildman–Crippen LogP) is 4.58. The number of rotatable bonds is 7. The predicted molar refractivity (Wildman–Crippen MR) is 127 cm³/mol. The van der Waals surface area contributed by atoms with Crippen LogP contribution in [0.15, 0.2) is 42.7 Å². The molecule has 33 heavy (non-hydrogen) atoms. The Hall–Kier alpha value is -2.96. The molecule has 2 aliphatic rings. The summed E-state index contributed by atoms with van der Waals surface area (Å²) in [5.74, 6) is 1.93. The summed E-state index contributed by atoms with van der Waals surface area (Å²) in [5, 5.41) is 4.93. The molecular formula is C26H33N5O2. The number of nitrogens with zero attached hydrogens (tertiary/aromatic N) is 5. The van der Waals surface area contributed by atoms with Crippen molar-refractivity contribution in [3.63, 3.8) is 0 Å². The van der Waals surface area contributed by atoms with Gasteiger partial charge in [-0.05, 0) is 43.7 Å². The highest BCUT2D eigenvalue weighted by atomic mass is 16.5. The first-order valence-corrected chi connectivity index (χ1v) is 12.4. The Balaban J connectivity index is 1.27. The van der Waals surface area contributed by atoms with Crippen LogP contribution in [0.1, 0.15) is 63.0 Å². The quantitative estimate of drug-likeness (QED) is 0.530. The number of ether oxygens (including phenoxy) is 1. The standard InChI is InChI=1S/C26H33N5O2/c32-23(18-20-8-3-1-4-9-20)30-15-7-10-21(19-30)24-25-26(28-14-13-27-25)31(29-24)16-17-33-22-11-5-2-6-12-22/h2,5-6,11-14,20-21H,1,3-4,7-10,15-19H2/t21-/m1/s1. The van der Waals surface area contributed by atoms with E-state index in [9.17, 15) is 4.79 Å². The summed E-state index contributed by atoms with van der Waals surface area (Å²) in [7, 11) is 0. The summed E-state index contributed by atoms with van der Waals surface area (Å²) >= 11 is 0. The lowest BCUT2D eigenvalue weighted by atomic mass is 9.86. The zero-order valence-electron chi connectivity index (χ0n) is 19.2. The number of likely N-dealkylation sites (tertiary alicyclic amines) is 1. The molecule has 1 atom stereocenters. The van der Waals surface area contributed by atoms with Crippen LogP contribution in [-0.2, 0) is 11.3 Å². The topological polar surface area (TPSA) is 73.1 Å². The number of carbonyl (C=O) groups is 1. The van der Waals surface area contributed by atoms with Gasteiger partial charge < -0.3 is 9.64 Å². The Morgan fingerprint density at radius 2 is 1.82 bits per heavy atom. The second-order valence-corrected chi connectivity index (χ2v) is 9.39. The number of carbonyl (C=O) groups excluding carboxylic acids is 1. The molecule has 0 bridgehead atoms. The molecule has 3 aromatic rings. The van der Waals surface area contributed by atoms with E-state index in [4.69, 9.17) is 9.84 Å². The van der Waals surface area contributed by atoms with Gasteiger partial charge >= 0.3 is 0 Å². The first kappa shape index (κ1) is 21.9. The van der Waals surface area contributed by atoms with Gasteiger partial charge in [0.25, 0.3) is 0 Å². The Morgan fingerprint density at radius 1 is 1.00 bits per heavy atom. The van der Waals surface area contributed by atoms with Gasteiger partial charge in [-0.1, -0.05) is 37.5 Å². The van der Waals surface area contributed by atoms with Gasteiger partial charge in [0, 0.05) is 37.8 Å². The summed E-state index contributed by atoms with van der Waals surface area (Å²) in [4.78, 5) is 24.3. The lowest BCUT2D eigenvalue weighted by molar-refractivity contribution is -0.133. The maximum atomic E-state index is 13.0. The van der Waals surface area contributed by atoms with E-state index >= 15 is 0 Å². The van der Waals surface area contributed by atoms with Crippen molar-refractivity contribution < 1.29 is 9.53 Å². The zero-order valence-corrected chi connectivity index (χ0v) is 19.2. The molecule has 3 heterocycles. The van der Waals surface area contributed by atoms with Gasteiger partial charge in [-0.2, -0.15) is 5.10 Å². The average molecular weight is 448 g/mol. The summed E-state index contributed by atoms with van der Waals surface area (Å²) < 4.78 is 7.78. The lowest BCUT2D eigenvalue weighted by Gasteiger charge is -2.33. The largest absolute Gasteiger partial charge is 0.492 e. The molecule has 174 valence electrons. The number of amides is 1. The summed E-state index contributed by atoms with van der Waals surface area (Å²) in [6, 6.07) is 9.81. The van der Waals surface area contributed by atoms with Gasteiger partial charge in [0.2, 0.25) is 5.91 Å². The van der Waals surface area contributed by atoms with Crippen LogP contribution >= 0.6 is 0 Å². The van der Waals surface area contributed by atoms with E-state index in [0.29, 0.717) is 31.4 Å². The van der Waals surface area contributed by atoms with Crippen LogP contribution < -0.4 is 4.74 Å². The Kier molecular flexibility index (Phi) is 6.84. The van der Waals surface area contributed by atoms with Crippen molar-refractivity contribution in [2.75, 3.05) is 19.7 Å². The molecule has 0 unspecified atom stereocenters. The SMILES string of the molecule is O=C(CC1CCCCC1)N1CCC[C@@H](c2nn(CCOc3ccccc3)c3nccnc23)C1. The van der Waals surface area contributed by atoms with E-state index in [2.05, 4.69) is 14.9 Å². The van der Waals surface area contributed by atoms with Gasteiger partial charge in [-0.25, -0.2) is 14.6 Å². The summed E-state index contributed by atoms with van der Waals surface area (Å²) in [6.07, 6.45) is 12.5. The van der Waals surface area contributed by atoms with E-state index in [1.165, 1.54) is 32.1 Å². The number of aromatic nitrogens is 4. The second-order valence-electron chi connectivity index (χ2n) is 9.39. The number of para-hydroxylation sites is 1. The van der Waals surface area contributed by atoms with Crippen molar-refractivity contribution >= 4 is 17.1 Å². The molecule has 7 heteroatoms. The van der Waals surface area contributed by atoms with Crippen LogP contribution in [0.5, 0.6) is 5.75 Å². The molecule has 1 saturated heterocycles. The fourth-order valence-corrected chi connectivity index (χ4v) is 5.32. The third kappa shape index (κ3) is 5.18. The van der Waals surface area contributed by atoms with Crippen molar-refractivity contribution in [3.05, 3.63) is 48.4 Å². The Labute approximate surface area is 195 Å². The van der Waals surface area contributed by atoms with E-state index in [-0.39, 0.29) is 5.92 Å². The molecule has 0 N–H and O–H groups in total. The fourth-order valence-electron chi connectivity index (χ4n) is 5.32. The molecule has 0 radical (unpaired) electrons. The maximum absolute atomic E-state index is 13.0. The zero-order chi connectivity index (χ0) is 22.5. The molecular weight excluding hydrogens is 414 g/mol. The van der Waals surface area contributed by atoms with Crippen molar-refractivity contribution in [2.24, 2.45) is 5.92 Å². The van der Waals surface area contributed by atoms with Crippen LogP contribution in [0.3, 0.4) is 0 Å². The second kappa shape index (κ2) is 10.3. The molecule has 1 aliphatic carbocycles. The molecule has 2 aromatic heterocycles. The normalized spacial score (nSPS) is 19.6. The van der Waals surface area contributed by atoms with Crippen molar-refractivity contribution in [1.82, 2.24) is 24.6 Å². The highest BCUT2D eigenvalue weighted by Gasteiger charge is 2.30. The minimum Gasteiger partial charge on any atom is -0.492 e. The smallest absolute Gasteiger partial charge is 0.222 e. The van der Waals surface area contributed by atoms with Crippen LogP contribution in [0.25, 0.3) is 11.2 Å². The monoisotopic (exact) mass is 447 g/mol. The minimum atomic E-state index is 0.199. The van der Waals surface area contributed by atoms with Crippen LogP contribution in [0.2, 0.25) is 0 Å². The summed E-state index contributed by atoms with van der Waals surface area (Å²) in [5.41, 5.74) is 2.60. The maximum Gasteiger partial charge on any atom is 0.222 e. The molecule has 1 aliphatic heterocycles. The third-order valence-electron chi connectivity index (χ3n) is 7.06. The molecule has 0 spiro atoms. The summed E-state index contributed by atoms with van der Waals surface area (Å²) in [6.45, 7) is 2.70. The van der Waals surface area contributed by atoms with E-state index in [1.54, 1.807) is 12.4 Å². The van der Waals surface area contributed by atoms with Gasteiger partial charge in [-0.3, -0.25) is 4.79 Å². The lowest BCUT2D eigenvalue weighted by Crippen LogP contribution is -2.40. The van der Waals surface area contributed by atoms with Crippen molar-refractivity contribution in [1.29, 1.82) is 0 Å². The number of hydrogen-bond donors (Lipinski definition) is 0. The number of hydrogen-bond acceptors (Lipinski definition) is 5. The highest BCUT2D eigenvalue weighted by molar-refractivity contribution is 5.77. The molecule has 1 saturated carbocycles. The minimum absolute atomic E-state index is 0.199. The molecule has 2 fully saturated rings. The number of piperidine rings is 1. The number of fused-ring (bicyclic) bond motifs is 1. The molecule has 1 amide bonds. The first-order chi connectivity index (χ1) is 16.3. The van der Waals surface area contributed by atoms with Gasteiger partial charge in [0.1, 0.15) is 17.9 Å². The highest BCUT2D eigenvalue weighted by Crippen LogP contribution is 2.32. The van der Waals surface area contributed by atoms with Crippen LogP contribution in [0, 0.1) is 5.92 Å². The fraction of sp³-hybridized carbons (Fsp3) is 0.538. The number of benzene rings is 1. The molecule has 7 nitrogen and oxygen atoms in total. The van der Waals surface area contributed by atoms with Gasteiger partial charge in [0.15, 0.2) is 5.65 Å². The molecule has 5 rings (SSSR count). The van der Waals surface area contributed by atoms with Gasteiger partial charge in [-0.15, -0.1) is 0 Å². The van der Waals surface area contributed by atoms with Crippen molar-refractivity contribution in [3.8, 4) is 5.75 Å².